The van der Waals surface area contributed by atoms with Crippen LogP contribution in [0.3, 0.4) is 0 Å². The Balaban J connectivity index is 1.78. The lowest BCUT2D eigenvalue weighted by atomic mass is 9.95. The van der Waals surface area contributed by atoms with Gasteiger partial charge in [0.05, 0.1) is 21.5 Å². The van der Waals surface area contributed by atoms with Crippen LogP contribution in [0.5, 0.6) is 5.75 Å². The van der Waals surface area contributed by atoms with Crippen molar-refractivity contribution in [3.05, 3.63) is 21.5 Å². The van der Waals surface area contributed by atoms with Crippen molar-refractivity contribution < 1.29 is 24.2 Å². The molecule has 0 aliphatic heterocycles. The summed E-state index contributed by atoms with van der Waals surface area (Å²) < 4.78 is 12.5. The van der Waals surface area contributed by atoms with Gasteiger partial charge in [-0.1, -0.05) is 25.3 Å². The summed E-state index contributed by atoms with van der Waals surface area (Å²) in [5.41, 5.74) is 0.419. The third-order valence-corrected chi connectivity index (χ3v) is 7.00. The summed E-state index contributed by atoms with van der Waals surface area (Å²) in [5, 5.41) is 17.3. The number of anilines is 1. The number of benzene rings is 1. The van der Waals surface area contributed by atoms with E-state index in [0.29, 0.717) is 43.5 Å². The predicted octanol–water partition coefficient (Wildman–Crippen LogP) is 4.46. The van der Waals surface area contributed by atoms with Crippen LogP contribution in [0.1, 0.15) is 55.6 Å². The normalized spacial score (nSPS) is 15.6. The molecule has 1 unspecified atom stereocenters. The van der Waals surface area contributed by atoms with Crippen molar-refractivity contribution in [2.75, 3.05) is 25.1 Å². The maximum absolute atomic E-state index is 12.5. The quantitative estimate of drug-likeness (QED) is 0.429. The molecule has 2 aromatic rings. The number of carbonyl (C=O) groups is 2. The Morgan fingerprint density at radius 2 is 2.03 bits per heavy atom. The Morgan fingerprint density at radius 3 is 2.71 bits per heavy atom. The van der Waals surface area contributed by atoms with E-state index in [1.54, 1.807) is 13.0 Å². The first-order valence-electron chi connectivity index (χ1n) is 10.6. The molecule has 9 heteroatoms. The predicted molar refractivity (Wildman–Crippen MR) is 126 cm³/mol. The lowest BCUT2D eigenvalue weighted by molar-refractivity contribution is -0.114. The lowest BCUT2D eigenvalue weighted by Crippen LogP contribution is -2.39. The number of fused-ring (bicyclic) bond motifs is 1. The molecule has 170 valence electrons. The number of thiophene rings is 1. The van der Waals surface area contributed by atoms with E-state index in [9.17, 15) is 14.7 Å². The van der Waals surface area contributed by atoms with E-state index in [1.807, 2.05) is 6.07 Å². The van der Waals surface area contributed by atoms with E-state index < -0.39 is 12.1 Å². The molecule has 1 aromatic carbocycles. The van der Waals surface area contributed by atoms with Crippen molar-refractivity contribution in [1.82, 2.24) is 5.32 Å². The van der Waals surface area contributed by atoms with Gasteiger partial charge in [0.2, 0.25) is 5.91 Å². The molecule has 3 N–H and O–H groups in total. The fraction of sp³-hybridized carbons (Fsp3) is 0.545. The van der Waals surface area contributed by atoms with Gasteiger partial charge in [-0.2, -0.15) is 0 Å². The Hall–Kier alpha value is -1.68. The fourth-order valence-corrected chi connectivity index (χ4v) is 5.46. The molecular weight excluding hydrogens is 484 g/mol. The monoisotopic (exact) mass is 512 g/mol. The van der Waals surface area contributed by atoms with Crippen LogP contribution >= 0.6 is 27.3 Å². The van der Waals surface area contributed by atoms with Gasteiger partial charge in [-0.25, -0.2) is 4.79 Å². The van der Waals surface area contributed by atoms with Gasteiger partial charge < -0.3 is 25.2 Å². The first-order valence-corrected chi connectivity index (χ1v) is 12.3. The average Bonchev–Trinajstić information content (AvgIpc) is 3.10. The molecule has 1 atom stereocenters. The molecule has 7 nitrogen and oxygen atoms in total. The molecule has 1 aliphatic carbocycles. The standard InChI is InChI=1S/C22H29BrN2O5S/c1-3-29-22(28)21-18(25-13(2)26)16-9-10-17(23)19(20(16)31-21)30-12-15(27)11-24-14-7-5-4-6-8-14/h9-10,14-15,24,27H,3-8,11-12H2,1-2H3,(H,25,26). The number of aliphatic hydroxyl groups is 1. The number of rotatable bonds is 9. The second kappa shape index (κ2) is 11.3. The van der Waals surface area contributed by atoms with E-state index in [4.69, 9.17) is 9.47 Å². The van der Waals surface area contributed by atoms with Gasteiger partial charge in [0.25, 0.3) is 0 Å². The maximum atomic E-state index is 12.5. The molecule has 0 spiro atoms. The molecule has 0 bridgehead atoms. The highest BCUT2D eigenvalue weighted by Crippen LogP contribution is 2.44. The molecule has 0 radical (unpaired) electrons. The van der Waals surface area contributed by atoms with Gasteiger partial charge in [-0.15, -0.1) is 11.3 Å². The van der Waals surface area contributed by atoms with E-state index in [1.165, 1.54) is 37.5 Å². The molecule has 1 aromatic heterocycles. The minimum atomic E-state index is -0.664. The minimum Gasteiger partial charge on any atom is -0.488 e. The summed E-state index contributed by atoms with van der Waals surface area (Å²) in [6.45, 7) is 3.94. The van der Waals surface area contributed by atoms with Crippen LogP contribution in [-0.2, 0) is 9.53 Å². The molecule has 31 heavy (non-hydrogen) atoms. The first kappa shape index (κ1) is 24.0. The van der Waals surface area contributed by atoms with Gasteiger partial charge in [0, 0.05) is 24.9 Å². The second-order valence-corrected chi connectivity index (χ2v) is 9.54. The number of amides is 1. The Labute approximate surface area is 194 Å². The number of halogens is 1. The van der Waals surface area contributed by atoms with Crippen LogP contribution in [0.2, 0.25) is 0 Å². The molecule has 1 saturated carbocycles. The highest BCUT2D eigenvalue weighted by molar-refractivity contribution is 9.10. The van der Waals surface area contributed by atoms with E-state index in [0.717, 1.165) is 12.8 Å². The third kappa shape index (κ3) is 6.19. The average molecular weight is 513 g/mol. The molecule has 3 rings (SSSR count). The summed E-state index contributed by atoms with van der Waals surface area (Å²) in [6.07, 6.45) is 5.39. The highest BCUT2D eigenvalue weighted by atomic mass is 79.9. The lowest BCUT2D eigenvalue weighted by Gasteiger charge is -2.24. The van der Waals surface area contributed by atoms with Crippen LogP contribution < -0.4 is 15.4 Å². The number of hydrogen-bond donors (Lipinski definition) is 3. The highest BCUT2D eigenvalue weighted by Gasteiger charge is 2.24. The summed E-state index contributed by atoms with van der Waals surface area (Å²) in [7, 11) is 0. The van der Waals surface area contributed by atoms with Gasteiger partial charge in [-0.05, 0) is 41.8 Å². The molecule has 1 aliphatic rings. The summed E-state index contributed by atoms with van der Waals surface area (Å²) >= 11 is 4.70. The SMILES string of the molecule is CCOC(=O)c1sc2c(OCC(O)CNC3CCCCC3)c(Br)ccc2c1NC(C)=O. The van der Waals surface area contributed by atoms with Crippen molar-refractivity contribution in [1.29, 1.82) is 0 Å². The number of hydrogen-bond acceptors (Lipinski definition) is 7. The minimum absolute atomic E-state index is 0.111. The van der Waals surface area contributed by atoms with E-state index >= 15 is 0 Å². The van der Waals surface area contributed by atoms with Crippen molar-refractivity contribution in [2.45, 2.75) is 58.1 Å². The smallest absolute Gasteiger partial charge is 0.350 e. The Kier molecular flexibility index (Phi) is 8.71. The summed E-state index contributed by atoms with van der Waals surface area (Å²) in [6, 6.07) is 4.08. The van der Waals surface area contributed by atoms with Crippen LogP contribution in [0.15, 0.2) is 16.6 Å². The van der Waals surface area contributed by atoms with Crippen molar-refractivity contribution in [2.24, 2.45) is 0 Å². The van der Waals surface area contributed by atoms with Gasteiger partial charge >= 0.3 is 5.97 Å². The largest absolute Gasteiger partial charge is 0.488 e. The fourth-order valence-electron chi connectivity index (χ4n) is 3.74. The zero-order valence-electron chi connectivity index (χ0n) is 17.8. The summed E-state index contributed by atoms with van der Waals surface area (Å²) in [5.74, 6) is -0.243. The number of ether oxygens (including phenoxy) is 2. The van der Waals surface area contributed by atoms with Crippen LogP contribution in [0.25, 0.3) is 10.1 Å². The third-order valence-electron chi connectivity index (χ3n) is 5.19. The maximum Gasteiger partial charge on any atom is 0.350 e. The van der Waals surface area contributed by atoms with Crippen molar-refractivity contribution in [3.63, 3.8) is 0 Å². The summed E-state index contributed by atoms with van der Waals surface area (Å²) in [4.78, 5) is 24.5. The number of aliphatic hydroxyl groups excluding tert-OH is 1. The molecule has 1 amide bonds. The van der Waals surface area contributed by atoms with Crippen molar-refractivity contribution in [3.8, 4) is 5.75 Å². The number of nitrogens with one attached hydrogen (secondary N) is 2. The van der Waals surface area contributed by atoms with E-state index in [2.05, 4.69) is 26.6 Å². The second-order valence-electron chi connectivity index (χ2n) is 7.67. The molecule has 0 saturated heterocycles. The Morgan fingerprint density at radius 1 is 1.29 bits per heavy atom. The van der Waals surface area contributed by atoms with E-state index in [-0.39, 0.29) is 19.1 Å². The topological polar surface area (TPSA) is 96.9 Å². The Bertz CT molecular complexity index is 926. The zero-order valence-corrected chi connectivity index (χ0v) is 20.2. The van der Waals surface area contributed by atoms with Crippen LogP contribution in [0.4, 0.5) is 5.69 Å². The molecule has 1 fully saturated rings. The number of carbonyl (C=O) groups excluding carboxylic acids is 2. The van der Waals surface area contributed by atoms with Crippen molar-refractivity contribution >= 4 is 54.9 Å². The molecular formula is C22H29BrN2O5S. The first-order chi connectivity index (χ1) is 14.9. The number of esters is 1. The van der Waals surface area contributed by atoms with Gasteiger partial charge in [0.15, 0.2) is 5.75 Å². The molecule has 1 heterocycles. The van der Waals surface area contributed by atoms with Gasteiger partial charge in [-0.3, -0.25) is 4.79 Å². The van der Waals surface area contributed by atoms with Crippen LogP contribution in [0, 0.1) is 0 Å². The van der Waals surface area contributed by atoms with Crippen LogP contribution in [-0.4, -0.2) is 48.9 Å². The zero-order chi connectivity index (χ0) is 22.4. The van der Waals surface area contributed by atoms with Gasteiger partial charge in [0.1, 0.15) is 17.6 Å².